The first-order valence-corrected chi connectivity index (χ1v) is 5.65. The number of ether oxygens (including phenoxy) is 1. The van der Waals surface area contributed by atoms with Gasteiger partial charge < -0.3 is 9.15 Å². The summed E-state index contributed by atoms with van der Waals surface area (Å²) >= 11 is 0. The number of methoxy groups -OCH3 is 1. The van der Waals surface area contributed by atoms with Crippen LogP contribution in [0.4, 0.5) is 0 Å². The van der Waals surface area contributed by atoms with Crippen molar-refractivity contribution in [2.24, 2.45) is 0 Å². The van der Waals surface area contributed by atoms with Gasteiger partial charge in [-0.05, 0) is 30.7 Å². The number of rotatable bonds is 4. The fourth-order valence-electron chi connectivity index (χ4n) is 1.80. The standard InChI is InChI=1S/C15H16O2/c1-3-5-12-7-8-13(15(10-12)16-2)11-14-6-4-9-17-14/h3-10H,11H2,1-2H3/b5-3+. The Hall–Kier alpha value is -1.96. The van der Waals surface area contributed by atoms with Crippen molar-refractivity contribution < 1.29 is 9.15 Å². The van der Waals surface area contributed by atoms with Crippen LogP contribution in [-0.4, -0.2) is 7.11 Å². The van der Waals surface area contributed by atoms with Crippen molar-refractivity contribution in [2.75, 3.05) is 7.11 Å². The molecule has 1 heterocycles. The lowest BCUT2D eigenvalue weighted by atomic mass is 10.1. The number of hydrogen-bond donors (Lipinski definition) is 0. The molecule has 88 valence electrons. The molecule has 2 nitrogen and oxygen atoms in total. The van der Waals surface area contributed by atoms with Crippen LogP contribution in [0.15, 0.2) is 47.1 Å². The second kappa shape index (κ2) is 5.39. The minimum atomic E-state index is 0.756. The van der Waals surface area contributed by atoms with Gasteiger partial charge in [0.1, 0.15) is 11.5 Å². The van der Waals surface area contributed by atoms with E-state index in [1.807, 2.05) is 31.2 Å². The molecule has 0 fully saturated rings. The van der Waals surface area contributed by atoms with E-state index in [1.165, 1.54) is 0 Å². The van der Waals surface area contributed by atoms with Crippen molar-refractivity contribution in [3.05, 3.63) is 59.6 Å². The molecule has 2 rings (SSSR count). The monoisotopic (exact) mass is 228 g/mol. The van der Waals surface area contributed by atoms with Crippen molar-refractivity contribution in [1.82, 2.24) is 0 Å². The van der Waals surface area contributed by atoms with Crippen LogP contribution in [-0.2, 0) is 6.42 Å². The molecule has 0 saturated heterocycles. The van der Waals surface area contributed by atoms with Crippen LogP contribution in [0.5, 0.6) is 5.75 Å². The van der Waals surface area contributed by atoms with Crippen LogP contribution < -0.4 is 4.74 Å². The SMILES string of the molecule is C/C=C/c1ccc(Cc2ccco2)c(OC)c1. The van der Waals surface area contributed by atoms with Gasteiger partial charge in [-0.25, -0.2) is 0 Å². The first-order chi connectivity index (χ1) is 8.33. The van der Waals surface area contributed by atoms with E-state index in [0.29, 0.717) is 0 Å². The van der Waals surface area contributed by atoms with Crippen molar-refractivity contribution >= 4 is 6.08 Å². The third-order valence-corrected chi connectivity index (χ3v) is 2.62. The Morgan fingerprint density at radius 1 is 1.29 bits per heavy atom. The zero-order chi connectivity index (χ0) is 12.1. The van der Waals surface area contributed by atoms with Crippen LogP contribution in [0.3, 0.4) is 0 Å². The Balaban J connectivity index is 2.27. The molecule has 0 spiro atoms. The van der Waals surface area contributed by atoms with Gasteiger partial charge in [0.15, 0.2) is 0 Å². The highest BCUT2D eigenvalue weighted by molar-refractivity contribution is 5.54. The van der Waals surface area contributed by atoms with Crippen molar-refractivity contribution in [3.63, 3.8) is 0 Å². The van der Waals surface area contributed by atoms with E-state index in [2.05, 4.69) is 18.2 Å². The predicted octanol–water partition coefficient (Wildman–Crippen LogP) is 3.91. The zero-order valence-electron chi connectivity index (χ0n) is 10.1. The second-order valence-corrected chi connectivity index (χ2v) is 3.83. The maximum atomic E-state index is 5.41. The van der Waals surface area contributed by atoms with Crippen molar-refractivity contribution in [3.8, 4) is 5.75 Å². The smallest absolute Gasteiger partial charge is 0.123 e. The van der Waals surface area contributed by atoms with Gasteiger partial charge in [-0.3, -0.25) is 0 Å². The summed E-state index contributed by atoms with van der Waals surface area (Å²) in [6.45, 7) is 2.00. The molecule has 0 atom stereocenters. The zero-order valence-corrected chi connectivity index (χ0v) is 10.1. The van der Waals surface area contributed by atoms with E-state index in [9.17, 15) is 0 Å². The Labute approximate surface area is 102 Å². The number of allylic oxidation sites excluding steroid dienone is 1. The molecule has 1 aromatic carbocycles. The topological polar surface area (TPSA) is 22.4 Å². The summed E-state index contributed by atoms with van der Waals surface area (Å²) in [7, 11) is 1.69. The average molecular weight is 228 g/mol. The van der Waals surface area contributed by atoms with Gasteiger partial charge in [-0.2, -0.15) is 0 Å². The predicted molar refractivity (Wildman–Crippen MR) is 69.2 cm³/mol. The van der Waals surface area contributed by atoms with Gasteiger partial charge in [-0.1, -0.05) is 24.3 Å². The van der Waals surface area contributed by atoms with Gasteiger partial charge in [0.25, 0.3) is 0 Å². The van der Waals surface area contributed by atoms with E-state index in [4.69, 9.17) is 9.15 Å². The molecule has 0 bridgehead atoms. The van der Waals surface area contributed by atoms with Crippen LogP contribution in [0, 0.1) is 0 Å². The summed E-state index contributed by atoms with van der Waals surface area (Å²) in [6, 6.07) is 10.1. The lowest BCUT2D eigenvalue weighted by molar-refractivity contribution is 0.408. The van der Waals surface area contributed by atoms with Crippen LogP contribution in [0.1, 0.15) is 23.8 Å². The van der Waals surface area contributed by atoms with Crippen LogP contribution >= 0.6 is 0 Å². The summed E-state index contributed by atoms with van der Waals surface area (Å²) in [5.74, 6) is 1.85. The third-order valence-electron chi connectivity index (χ3n) is 2.62. The highest BCUT2D eigenvalue weighted by Gasteiger charge is 2.06. The van der Waals surface area contributed by atoms with E-state index in [-0.39, 0.29) is 0 Å². The maximum absolute atomic E-state index is 5.41. The molecule has 17 heavy (non-hydrogen) atoms. The fraction of sp³-hybridized carbons (Fsp3) is 0.200. The van der Waals surface area contributed by atoms with Crippen molar-refractivity contribution in [1.29, 1.82) is 0 Å². The molecule has 0 aliphatic carbocycles. The largest absolute Gasteiger partial charge is 0.496 e. The molecular formula is C15H16O2. The summed E-state index contributed by atoms with van der Waals surface area (Å²) in [5, 5.41) is 0. The van der Waals surface area contributed by atoms with Crippen LogP contribution in [0.2, 0.25) is 0 Å². The number of hydrogen-bond acceptors (Lipinski definition) is 2. The average Bonchev–Trinajstić information content (AvgIpc) is 2.84. The highest BCUT2D eigenvalue weighted by atomic mass is 16.5. The molecule has 1 aromatic heterocycles. The molecule has 0 N–H and O–H groups in total. The van der Waals surface area contributed by atoms with Gasteiger partial charge in [0.2, 0.25) is 0 Å². The normalized spacial score (nSPS) is 10.9. The van der Waals surface area contributed by atoms with Crippen molar-refractivity contribution in [2.45, 2.75) is 13.3 Å². The van der Waals surface area contributed by atoms with Gasteiger partial charge in [-0.15, -0.1) is 0 Å². The molecule has 2 aromatic rings. The Morgan fingerprint density at radius 3 is 2.82 bits per heavy atom. The summed E-state index contributed by atoms with van der Waals surface area (Å²) in [4.78, 5) is 0. The first-order valence-electron chi connectivity index (χ1n) is 5.65. The molecular weight excluding hydrogens is 212 g/mol. The summed E-state index contributed by atoms with van der Waals surface area (Å²) < 4.78 is 10.8. The van der Waals surface area contributed by atoms with Gasteiger partial charge >= 0.3 is 0 Å². The fourth-order valence-corrected chi connectivity index (χ4v) is 1.80. The lowest BCUT2D eigenvalue weighted by Gasteiger charge is -2.08. The minimum absolute atomic E-state index is 0.756. The highest BCUT2D eigenvalue weighted by Crippen LogP contribution is 2.23. The number of benzene rings is 1. The molecule has 0 aliphatic heterocycles. The Morgan fingerprint density at radius 2 is 2.18 bits per heavy atom. The maximum Gasteiger partial charge on any atom is 0.123 e. The molecule has 2 heteroatoms. The Kier molecular flexibility index (Phi) is 3.66. The molecule has 0 unspecified atom stereocenters. The van der Waals surface area contributed by atoms with Crippen LogP contribution in [0.25, 0.3) is 6.08 Å². The summed E-state index contributed by atoms with van der Waals surface area (Å²) in [6.07, 6.45) is 6.52. The minimum Gasteiger partial charge on any atom is -0.496 e. The quantitative estimate of drug-likeness (QED) is 0.791. The van der Waals surface area contributed by atoms with E-state index in [1.54, 1.807) is 13.4 Å². The van der Waals surface area contributed by atoms with Gasteiger partial charge in [0.05, 0.1) is 13.4 Å². The van der Waals surface area contributed by atoms with E-state index >= 15 is 0 Å². The molecule has 0 amide bonds. The van der Waals surface area contributed by atoms with E-state index < -0.39 is 0 Å². The lowest BCUT2D eigenvalue weighted by Crippen LogP contribution is -1.93. The second-order valence-electron chi connectivity index (χ2n) is 3.83. The molecule has 0 aliphatic rings. The molecule has 0 saturated carbocycles. The van der Waals surface area contributed by atoms with Gasteiger partial charge in [0, 0.05) is 12.0 Å². The summed E-state index contributed by atoms with van der Waals surface area (Å²) in [5.41, 5.74) is 2.28. The first kappa shape index (κ1) is 11.5. The Bertz CT molecular complexity index is 496. The van der Waals surface area contributed by atoms with E-state index in [0.717, 1.165) is 29.1 Å². The molecule has 0 radical (unpaired) electrons. The number of furan rings is 1. The third kappa shape index (κ3) is 2.78.